The monoisotopic (exact) mass is 245 g/mol. The van der Waals surface area contributed by atoms with Crippen molar-refractivity contribution in [2.45, 2.75) is 12.8 Å². The second-order valence-electron chi connectivity index (χ2n) is 5.05. The fourth-order valence-corrected chi connectivity index (χ4v) is 2.73. The molecule has 3 heterocycles. The summed E-state index contributed by atoms with van der Waals surface area (Å²) in [6, 6.07) is 2.01. The van der Waals surface area contributed by atoms with Crippen molar-refractivity contribution in [3.8, 4) is 0 Å². The average Bonchev–Trinajstić information content (AvgIpc) is 2.81. The number of nitrogens with two attached hydrogens (primary N) is 1. The van der Waals surface area contributed by atoms with E-state index >= 15 is 0 Å². The van der Waals surface area contributed by atoms with Crippen LogP contribution in [0.15, 0.2) is 18.6 Å². The number of fused-ring (bicyclic) bond motifs is 1. The van der Waals surface area contributed by atoms with Crippen molar-refractivity contribution in [2.75, 3.05) is 24.5 Å². The van der Waals surface area contributed by atoms with Gasteiger partial charge in [0.25, 0.3) is 0 Å². The second-order valence-corrected chi connectivity index (χ2v) is 5.05. The molecule has 0 radical (unpaired) electrons. The average molecular weight is 245 g/mol. The summed E-state index contributed by atoms with van der Waals surface area (Å²) in [6.45, 7) is 2.81. The minimum Gasteiger partial charge on any atom is -0.354 e. The van der Waals surface area contributed by atoms with E-state index in [1.807, 2.05) is 30.2 Å². The maximum Gasteiger partial charge on any atom is 0.156 e. The van der Waals surface area contributed by atoms with Gasteiger partial charge in [0, 0.05) is 26.3 Å². The Bertz CT molecular complexity index is 547. The Morgan fingerprint density at radius 1 is 1.44 bits per heavy atom. The number of aryl methyl sites for hydroxylation is 1. The van der Waals surface area contributed by atoms with E-state index in [0.717, 1.165) is 36.5 Å². The van der Waals surface area contributed by atoms with Crippen LogP contribution in [-0.2, 0) is 7.05 Å². The van der Waals surface area contributed by atoms with E-state index in [0.29, 0.717) is 5.92 Å². The van der Waals surface area contributed by atoms with Crippen LogP contribution >= 0.6 is 0 Å². The Kier molecular flexibility index (Phi) is 2.91. The summed E-state index contributed by atoms with van der Waals surface area (Å²) < 4.78 is 2.03. The van der Waals surface area contributed by atoms with Crippen LogP contribution in [0.4, 0.5) is 5.82 Å². The molecule has 5 heteroatoms. The zero-order valence-corrected chi connectivity index (χ0v) is 10.7. The molecule has 3 rings (SSSR count). The molecule has 0 aromatic carbocycles. The third-order valence-electron chi connectivity index (χ3n) is 3.78. The van der Waals surface area contributed by atoms with Gasteiger partial charge in [-0.05, 0) is 31.4 Å². The highest BCUT2D eigenvalue weighted by Crippen LogP contribution is 2.26. The minimum atomic E-state index is 0.583. The Morgan fingerprint density at radius 2 is 2.33 bits per heavy atom. The molecule has 0 aliphatic carbocycles. The Hall–Kier alpha value is -1.62. The van der Waals surface area contributed by atoms with E-state index in [-0.39, 0.29) is 0 Å². The van der Waals surface area contributed by atoms with Crippen LogP contribution in [0.25, 0.3) is 11.0 Å². The molecule has 0 amide bonds. The smallest absolute Gasteiger partial charge is 0.156 e. The number of anilines is 1. The van der Waals surface area contributed by atoms with Gasteiger partial charge in [0.2, 0.25) is 0 Å². The summed E-state index contributed by atoms with van der Waals surface area (Å²) in [5.41, 5.74) is 7.93. The maximum atomic E-state index is 5.79. The number of nitrogens with zero attached hydrogens (tertiary/aromatic N) is 4. The van der Waals surface area contributed by atoms with Crippen molar-refractivity contribution >= 4 is 16.9 Å². The van der Waals surface area contributed by atoms with Gasteiger partial charge in [-0.2, -0.15) is 0 Å². The zero-order valence-electron chi connectivity index (χ0n) is 10.7. The predicted octanol–water partition coefficient (Wildman–Crippen LogP) is 1.14. The van der Waals surface area contributed by atoms with E-state index in [4.69, 9.17) is 5.73 Å². The van der Waals surface area contributed by atoms with Gasteiger partial charge in [-0.1, -0.05) is 0 Å². The van der Waals surface area contributed by atoms with Crippen LogP contribution in [0.2, 0.25) is 0 Å². The summed E-state index contributed by atoms with van der Waals surface area (Å²) in [7, 11) is 2.01. The normalized spacial score (nSPS) is 20.6. The number of hydrogen-bond donors (Lipinski definition) is 1. The Morgan fingerprint density at radius 3 is 3.17 bits per heavy atom. The molecule has 1 fully saturated rings. The molecule has 2 aromatic heterocycles. The molecule has 1 aliphatic rings. The molecular formula is C13H19N5. The molecule has 1 aliphatic heterocycles. The van der Waals surface area contributed by atoms with E-state index in [9.17, 15) is 0 Å². The molecule has 0 bridgehead atoms. The lowest BCUT2D eigenvalue weighted by Gasteiger charge is -2.33. The molecule has 18 heavy (non-hydrogen) atoms. The van der Waals surface area contributed by atoms with Gasteiger partial charge in [-0.15, -0.1) is 0 Å². The van der Waals surface area contributed by atoms with E-state index in [1.165, 1.54) is 12.8 Å². The fourth-order valence-electron chi connectivity index (χ4n) is 2.73. The van der Waals surface area contributed by atoms with Gasteiger partial charge in [0.05, 0.1) is 11.8 Å². The molecule has 96 valence electrons. The zero-order chi connectivity index (χ0) is 12.5. The molecule has 1 atom stereocenters. The first-order chi connectivity index (χ1) is 8.79. The Balaban J connectivity index is 1.98. The van der Waals surface area contributed by atoms with Gasteiger partial charge in [0.15, 0.2) is 5.82 Å². The first-order valence-electron chi connectivity index (χ1n) is 6.50. The van der Waals surface area contributed by atoms with E-state index < -0.39 is 0 Å². The summed E-state index contributed by atoms with van der Waals surface area (Å²) in [6.07, 6.45) is 6.13. The van der Waals surface area contributed by atoms with Gasteiger partial charge in [0.1, 0.15) is 5.52 Å². The molecule has 1 unspecified atom stereocenters. The summed E-state index contributed by atoms with van der Waals surface area (Å²) in [5.74, 6) is 1.59. The molecule has 2 aromatic rings. The number of piperidine rings is 1. The highest BCUT2D eigenvalue weighted by atomic mass is 15.2. The van der Waals surface area contributed by atoms with E-state index in [2.05, 4.69) is 14.9 Å². The second kappa shape index (κ2) is 4.57. The SMILES string of the molecule is Cn1cnc2c(N3CCCC(CN)C3)nccc21. The van der Waals surface area contributed by atoms with Crippen LogP contribution in [0.3, 0.4) is 0 Å². The predicted molar refractivity (Wildman–Crippen MR) is 72.5 cm³/mol. The lowest BCUT2D eigenvalue weighted by atomic mass is 9.98. The minimum absolute atomic E-state index is 0.583. The largest absolute Gasteiger partial charge is 0.354 e. The van der Waals surface area contributed by atoms with Crippen molar-refractivity contribution in [3.63, 3.8) is 0 Å². The van der Waals surface area contributed by atoms with E-state index in [1.54, 1.807) is 0 Å². The van der Waals surface area contributed by atoms with Gasteiger partial charge < -0.3 is 15.2 Å². The molecule has 0 saturated carbocycles. The first-order valence-corrected chi connectivity index (χ1v) is 6.50. The van der Waals surface area contributed by atoms with Crippen molar-refractivity contribution < 1.29 is 0 Å². The summed E-state index contributed by atoms with van der Waals surface area (Å²) in [4.78, 5) is 11.3. The van der Waals surface area contributed by atoms with Crippen molar-refractivity contribution in [2.24, 2.45) is 18.7 Å². The topological polar surface area (TPSA) is 60.0 Å². The van der Waals surface area contributed by atoms with Crippen LogP contribution in [0.1, 0.15) is 12.8 Å². The Labute approximate surface area is 107 Å². The lowest BCUT2D eigenvalue weighted by molar-refractivity contribution is 0.422. The molecule has 1 saturated heterocycles. The quantitative estimate of drug-likeness (QED) is 0.862. The molecule has 2 N–H and O–H groups in total. The summed E-state index contributed by atoms with van der Waals surface area (Å²) >= 11 is 0. The van der Waals surface area contributed by atoms with Gasteiger partial charge in [-0.3, -0.25) is 0 Å². The highest BCUT2D eigenvalue weighted by molar-refractivity contribution is 5.86. The fraction of sp³-hybridized carbons (Fsp3) is 0.538. The number of hydrogen-bond acceptors (Lipinski definition) is 4. The number of imidazole rings is 1. The van der Waals surface area contributed by atoms with Gasteiger partial charge in [-0.25, -0.2) is 9.97 Å². The first kappa shape index (κ1) is 11.5. The van der Waals surface area contributed by atoms with Gasteiger partial charge >= 0.3 is 0 Å². The number of pyridine rings is 1. The number of rotatable bonds is 2. The van der Waals surface area contributed by atoms with Crippen LogP contribution in [-0.4, -0.2) is 34.2 Å². The molecule has 5 nitrogen and oxygen atoms in total. The molecular weight excluding hydrogens is 226 g/mol. The van der Waals surface area contributed by atoms with Crippen LogP contribution < -0.4 is 10.6 Å². The van der Waals surface area contributed by atoms with Crippen LogP contribution in [0, 0.1) is 5.92 Å². The summed E-state index contributed by atoms with van der Waals surface area (Å²) in [5, 5.41) is 0. The van der Waals surface area contributed by atoms with Crippen LogP contribution in [0.5, 0.6) is 0 Å². The molecule has 0 spiro atoms. The standard InChI is InChI=1S/C13H19N5/c1-17-9-16-12-11(17)4-5-15-13(12)18-6-2-3-10(7-14)8-18/h4-5,9-10H,2-3,6-8,14H2,1H3. The third-order valence-corrected chi connectivity index (χ3v) is 3.78. The lowest BCUT2D eigenvalue weighted by Crippen LogP contribution is -2.38. The highest BCUT2D eigenvalue weighted by Gasteiger charge is 2.22. The third kappa shape index (κ3) is 1.84. The van der Waals surface area contributed by atoms with Crippen molar-refractivity contribution in [1.29, 1.82) is 0 Å². The van der Waals surface area contributed by atoms with Crippen molar-refractivity contribution in [3.05, 3.63) is 18.6 Å². The maximum absolute atomic E-state index is 5.79. The van der Waals surface area contributed by atoms with Crippen molar-refractivity contribution in [1.82, 2.24) is 14.5 Å². The number of aromatic nitrogens is 3.